The minimum absolute atomic E-state index is 0.287. The number of rotatable bonds is 5. The highest BCUT2D eigenvalue weighted by Gasteiger charge is 2.32. The van der Waals surface area contributed by atoms with Crippen molar-refractivity contribution in [2.75, 3.05) is 7.11 Å². The third-order valence-corrected chi connectivity index (χ3v) is 3.18. The van der Waals surface area contributed by atoms with Gasteiger partial charge in [0, 0.05) is 7.11 Å². The standard InChI is InChI=1S/C11H22O/c1-3-4-5-8-11(12-2)9-6-7-10-11/h3-10H2,1-2H3. The first-order chi connectivity index (χ1) is 5.83. The maximum absolute atomic E-state index is 5.65. The summed E-state index contributed by atoms with van der Waals surface area (Å²) < 4.78 is 5.65. The van der Waals surface area contributed by atoms with Crippen molar-refractivity contribution >= 4 is 0 Å². The summed E-state index contributed by atoms with van der Waals surface area (Å²) in [6.07, 6.45) is 10.7. The molecule has 0 aromatic rings. The van der Waals surface area contributed by atoms with Gasteiger partial charge in [-0.3, -0.25) is 0 Å². The summed E-state index contributed by atoms with van der Waals surface area (Å²) in [4.78, 5) is 0. The molecule has 0 atom stereocenters. The van der Waals surface area contributed by atoms with E-state index in [1.54, 1.807) is 0 Å². The van der Waals surface area contributed by atoms with Gasteiger partial charge in [0.1, 0.15) is 0 Å². The van der Waals surface area contributed by atoms with Crippen molar-refractivity contribution in [2.45, 2.75) is 63.9 Å². The predicted molar refractivity (Wildman–Crippen MR) is 52.4 cm³/mol. The van der Waals surface area contributed by atoms with E-state index >= 15 is 0 Å². The van der Waals surface area contributed by atoms with E-state index < -0.39 is 0 Å². The highest BCUT2D eigenvalue weighted by molar-refractivity contribution is 4.85. The van der Waals surface area contributed by atoms with E-state index in [0.29, 0.717) is 0 Å². The first-order valence-corrected chi connectivity index (χ1v) is 5.38. The fraction of sp³-hybridized carbons (Fsp3) is 1.00. The molecule has 0 amide bonds. The summed E-state index contributed by atoms with van der Waals surface area (Å²) >= 11 is 0. The Labute approximate surface area is 76.5 Å². The number of hydrogen-bond acceptors (Lipinski definition) is 1. The van der Waals surface area contributed by atoms with Gasteiger partial charge in [-0.1, -0.05) is 39.0 Å². The van der Waals surface area contributed by atoms with Gasteiger partial charge in [-0.15, -0.1) is 0 Å². The van der Waals surface area contributed by atoms with Crippen LogP contribution in [0.4, 0.5) is 0 Å². The zero-order chi connectivity index (χ0) is 8.86. The van der Waals surface area contributed by atoms with Crippen molar-refractivity contribution in [3.8, 4) is 0 Å². The van der Waals surface area contributed by atoms with Gasteiger partial charge in [-0.2, -0.15) is 0 Å². The lowest BCUT2D eigenvalue weighted by atomic mass is 9.94. The highest BCUT2D eigenvalue weighted by Crippen LogP contribution is 2.36. The molecule has 0 saturated heterocycles. The second-order valence-electron chi connectivity index (χ2n) is 4.05. The molecule has 1 rings (SSSR count). The Morgan fingerprint density at radius 2 is 1.83 bits per heavy atom. The SMILES string of the molecule is CCCCCC1(OC)CCCC1. The van der Waals surface area contributed by atoms with Gasteiger partial charge in [-0.05, 0) is 19.3 Å². The molecule has 0 aromatic carbocycles. The van der Waals surface area contributed by atoms with Crippen molar-refractivity contribution in [1.82, 2.24) is 0 Å². The summed E-state index contributed by atoms with van der Waals surface area (Å²) in [7, 11) is 1.89. The Hall–Kier alpha value is -0.0400. The smallest absolute Gasteiger partial charge is 0.0678 e. The molecule has 12 heavy (non-hydrogen) atoms. The maximum Gasteiger partial charge on any atom is 0.0678 e. The molecule has 1 nitrogen and oxygen atoms in total. The maximum atomic E-state index is 5.65. The molecule has 0 heterocycles. The molecule has 0 bridgehead atoms. The fourth-order valence-electron chi connectivity index (χ4n) is 2.27. The second kappa shape index (κ2) is 4.86. The Kier molecular flexibility index (Phi) is 4.07. The third kappa shape index (κ3) is 2.48. The Morgan fingerprint density at radius 1 is 1.17 bits per heavy atom. The zero-order valence-corrected chi connectivity index (χ0v) is 8.57. The zero-order valence-electron chi connectivity index (χ0n) is 8.57. The van der Waals surface area contributed by atoms with Gasteiger partial charge in [0.2, 0.25) is 0 Å². The van der Waals surface area contributed by atoms with Gasteiger partial charge in [0.15, 0.2) is 0 Å². The molecule has 0 aromatic heterocycles. The van der Waals surface area contributed by atoms with E-state index in [4.69, 9.17) is 4.74 Å². The van der Waals surface area contributed by atoms with Crippen LogP contribution in [-0.4, -0.2) is 12.7 Å². The molecule has 1 saturated carbocycles. The Bertz CT molecular complexity index is 114. The number of unbranched alkanes of at least 4 members (excludes halogenated alkanes) is 2. The van der Waals surface area contributed by atoms with E-state index in [9.17, 15) is 0 Å². The van der Waals surface area contributed by atoms with Crippen LogP contribution in [0.5, 0.6) is 0 Å². The lowest BCUT2D eigenvalue weighted by molar-refractivity contribution is -0.0131. The van der Waals surface area contributed by atoms with Crippen molar-refractivity contribution in [3.63, 3.8) is 0 Å². The van der Waals surface area contributed by atoms with Crippen molar-refractivity contribution in [2.24, 2.45) is 0 Å². The van der Waals surface area contributed by atoms with E-state index in [-0.39, 0.29) is 5.60 Å². The topological polar surface area (TPSA) is 9.23 Å². The van der Waals surface area contributed by atoms with Crippen LogP contribution in [0.3, 0.4) is 0 Å². The van der Waals surface area contributed by atoms with Crippen molar-refractivity contribution in [1.29, 1.82) is 0 Å². The van der Waals surface area contributed by atoms with Gasteiger partial charge < -0.3 is 4.74 Å². The van der Waals surface area contributed by atoms with Crippen LogP contribution in [0.1, 0.15) is 58.3 Å². The minimum atomic E-state index is 0.287. The summed E-state index contributed by atoms with van der Waals surface area (Å²) in [5.41, 5.74) is 0.287. The van der Waals surface area contributed by atoms with Crippen molar-refractivity contribution in [3.05, 3.63) is 0 Å². The number of hydrogen-bond donors (Lipinski definition) is 0. The lowest BCUT2D eigenvalue weighted by Gasteiger charge is -2.27. The molecule has 0 unspecified atom stereocenters. The van der Waals surface area contributed by atoms with Crippen LogP contribution in [0, 0.1) is 0 Å². The van der Waals surface area contributed by atoms with Crippen molar-refractivity contribution < 1.29 is 4.74 Å². The first kappa shape index (κ1) is 10.0. The van der Waals surface area contributed by atoms with Gasteiger partial charge >= 0.3 is 0 Å². The average Bonchev–Trinajstić information content (AvgIpc) is 2.55. The molecule has 72 valence electrons. The van der Waals surface area contributed by atoms with Gasteiger partial charge in [-0.25, -0.2) is 0 Å². The molecule has 1 aliphatic carbocycles. The largest absolute Gasteiger partial charge is 0.378 e. The molecule has 0 aliphatic heterocycles. The summed E-state index contributed by atoms with van der Waals surface area (Å²) in [5, 5.41) is 0. The average molecular weight is 170 g/mol. The molecule has 1 heteroatoms. The van der Waals surface area contributed by atoms with Crippen LogP contribution in [-0.2, 0) is 4.74 Å². The van der Waals surface area contributed by atoms with Crippen LogP contribution in [0.2, 0.25) is 0 Å². The Balaban J connectivity index is 2.24. The van der Waals surface area contributed by atoms with Gasteiger partial charge in [0.25, 0.3) is 0 Å². The van der Waals surface area contributed by atoms with Gasteiger partial charge in [0.05, 0.1) is 5.60 Å². The lowest BCUT2D eigenvalue weighted by Crippen LogP contribution is -2.26. The normalized spacial score (nSPS) is 21.5. The minimum Gasteiger partial charge on any atom is -0.378 e. The molecule has 0 radical (unpaired) electrons. The van der Waals surface area contributed by atoms with E-state index in [1.807, 2.05) is 7.11 Å². The Morgan fingerprint density at radius 3 is 2.33 bits per heavy atom. The second-order valence-corrected chi connectivity index (χ2v) is 4.05. The molecule has 1 aliphatic rings. The predicted octanol–water partition coefficient (Wildman–Crippen LogP) is 3.53. The van der Waals surface area contributed by atoms with Crippen LogP contribution >= 0.6 is 0 Å². The molecule has 0 spiro atoms. The third-order valence-electron chi connectivity index (χ3n) is 3.18. The van der Waals surface area contributed by atoms with E-state index in [1.165, 1.54) is 51.4 Å². The molecular formula is C11H22O. The first-order valence-electron chi connectivity index (χ1n) is 5.38. The van der Waals surface area contributed by atoms with Crippen LogP contribution in [0.15, 0.2) is 0 Å². The van der Waals surface area contributed by atoms with E-state index in [2.05, 4.69) is 6.92 Å². The van der Waals surface area contributed by atoms with Crippen LogP contribution in [0.25, 0.3) is 0 Å². The molecule has 0 N–H and O–H groups in total. The van der Waals surface area contributed by atoms with E-state index in [0.717, 1.165) is 0 Å². The molecule has 1 fully saturated rings. The fourth-order valence-corrected chi connectivity index (χ4v) is 2.27. The quantitative estimate of drug-likeness (QED) is 0.573. The number of ether oxygens (including phenoxy) is 1. The van der Waals surface area contributed by atoms with Crippen LogP contribution < -0.4 is 0 Å². The summed E-state index contributed by atoms with van der Waals surface area (Å²) in [6.45, 7) is 2.26. The monoisotopic (exact) mass is 170 g/mol. The molecular weight excluding hydrogens is 148 g/mol. The highest BCUT2D eigenvalue weighted by atomic mass is 16.5. The summed E-state index contributed by atoms with van der Waals surface area (Å²) in [6, 6.07) is 0. The summed E-state index contributed by atoms with van der Waals surface area (Å²) in [5.74, 6) is 0. The number of methoxy groups -OCH3 is 1.